The summed E-state index contributed by atoms with van der Waals surface area (Å²) in [7, 11) is 0. The lowest BCUT2D eigenvalue weighted by atomic mass is 10.0. The summed E-state index contributed by atoms with van der Waals surface area (Å²) in [5.41, 5.74) is 8.11. The lowest BCUT2D eigenvalue weighted by Gasteiger charge is -2.28. The predicted molar refractivity (Wildman–Crippen MR) is 471 cm³/mol. The largest absolute Gasteiger partial charge is 0.384 e. The van der Waals surface area contributed by atoms with Crippen molar-refractivity contribution in [3.63, 3.8) is 0 Å². The molecule has 17 rings (SSSR count). The summed E-state index contributed by atoms with van der Waals surface area (Å²) in [6.45, 7) is 6.65. The average molecular weight is 1940 g/mol. The van der Waals surface area contributed by atoms with Gasteiger partial charge in [-0.15, -0.1) is 0 Å². The quantitative estimate of drug-likeness (QED) is 0.0425. The molecule has 10 heterocycles. The number of aromatic amines is 1. The van der Waals surface area contributed by atoms with E-state index in [9.17, 15) is 57.5 Å². The first-order chi connectivity index (χ1) is 57.8. The number of nitrogens with two attached hydrogens (primary N) is 2. The van der Waals surface area contributed by atoms with Crippen molar-refractivity contribution in [1.82, 2.24) is 64.5 Å². The van der Waals surface area contributed by atoms with Crippen LogP contribution in [0.25, 0.3) is 0 Å². The van der Waals surface area contributed by atoms with Crippen LogP contribution in [-0.4, -0.2) is 95.7 Å². The summed E-state index contributed by atoms with van der Waals surface area (Å²) < 4.78 is 4.53. The van der Waals surface area contributed by atoms with Gasteiger partial charge < -0.3 is 59.0 Å². The molecule has 32 nitrogen and oxygen atoms in total. The van der Waals surface area contributed by atoms with Crippen LogP contribution >= 0.6 is 125 Å². The first-order valence-electron chi connectivity index (χ1n) is 36.5. The van der Waals surface area contributed by atoms with E-state index in [2.05, 4.69) is 109 Å². The minimum Gasteiger partial charge on any atom is -0.384 e. The third-order valence-electron chi connectivity index (χ3n) is 19.2. The second-order valence-corrected chi connectivity index (χ2v) is 33.4. The first-order valence-corrected chi connectivity index (χ1v) is 41.1. The fourth-order valence-electron chi connectivity index (χ4n) is 12.6. The van der Waals surface area contributed by atoms with Crippen LogP contribution in [0.2, 0.25) is 40.2 Å². The Morgan fingerprint density at radius 1 is 0.426 bits per heavy atom. The molecule has 628 valence electrons. The van der Waals surface area contributed by atoms with Crippen LogP contribution in [0.4, 0.5) is 46.3 Å². The number of halogens is 10. The minimum absolute atomic E-state index is 0.0192. The molecule has 6 aliphatic rings. The summed E-state index contributed by atoms with van der Waals surface area (Å²) >= 11 is 54.6. The van der Waals surface area contributed by atoms with E-state index < -0.39 is 57.3 Å². The van der Waals surface area contributed by atoms with Crippen molar-refractivity contribution >= 4 is 218 Å². The highest BCUT2D eigenvalue weighted by Gasteiger charge is 2.47. The van der Waals surface area contributed by atoms with Crippen molar-refractivity contribution in [2.45, 2.75) is 83.2 Å². The number of H-pyrrole nitrogens is 1. The zero-order chi connectivity index (χ0) is 88.1. The predicted octanol–water partition coefficient (Wildman–Crippen LogP) is 14.2. The Kier molecular flexibility index (Phi) is 27.6. The number of fused-ring (bicyclic) bond motifs is 3. The molecule has 13 N–H and O–H groups in total. The van der Waals surface area contributed by atoms with E-state index in [1.54, 1.807) is 124 Å². The SMILES string of the molecule is CC(=O)c1cccc(Cl)c1.CC1(c2cccc(Cl)c2)NC(=O)c2c(Cl)cc(Br)c(=O)n21.CC1(c2cccc(Cl)c2)NC(=O)c2c(Cl)cc(Nc3cc(NC(=O)C4CC4)ncn3)c(=O)n21.CC1(c2cccc(Cl)c2)NC(=O)c2c(Cl)cc(Nc3cc(NC(=O)C4CC4)ncn3)c(=O)n21.NC(=O)c1[nH]c(=O)c(Br)cc1Cl.Nc1cc(NC(=O)C2CC2)ncn1. The fraction of sp³-hybridized carbons (Fsp3) is 0.200. The molecule has 7 amide bonds. The van der Waals surface area contributed by atoms with Crippen molar-refractivity contribution in [1.29, 1.82) is 0 Å². The number of pyridine rings is 4. The number of aromatic nitrogens is 10. The number of nitrogen functional groups attached to an aromatic ring is 1. The maximum absolute atomic E-state index is 13.5. The lowest BCUT2D eigenvalue weighted by molar-refractivity contribution is -0.118. The van der Waals surface area contributed by atoms with E-state index in [1.165, 1.54) is 76.0 Å². The zero-order valence-corrected chi connectivity index (χ0v) is 73.1. The number of benzene rings is 4. The van der Waals surface area contributed by atoms with Gasteiger partial charge in [0.2, 0.25) is 17.7 Å². The number of ketones is 1. The standard InChI is InChI=1S/2C22H18Cl2N6O3.C14H9BrCl2N2O2.C8H7ClO.C8H10N4O.C6H4BrClN2O2/c2*1-22(12-3-2-4-13(23)7-12)29-20(32)18-14(24)8-15(21(33)30(18)22)27-16-9-17(26-10-25-16)28-19(31)11-5-6-11;1-14(7-3-2-4-8(16)5-7)18-12(20)11-10(17)6-9(15)13(21)19(11)14;1-6(10)7-3-2-4-8(9)5-7;9-6-3-7(11-4-10-6)12-8(13)5-1-2-5;7-2-1-3(8)4(5(9)11)10-6(2)12/h2*2-4,7-11H,5-6H2,1H3,(H,29,32)(H2,25,26,27,28,31);2-6H,1H3,(H,18,20);2-5H,1H3;3-5H,1-2H2,(H3,9,10,11,12,13);1H,(H2,9,11)(H,10,12). The third kappa shape index (κ3) is 20.7. The summed E-state index contributed by atoms with van der Waals surface area (Å²) in [6, 6.07) is 37.7. The number of nitrogens with zero attached hydrogens (tertiary/aromatic N) is 9. The molecular formula is C80H66Br2Cl8N20O12. The molecule has 3 fully saturated rings. The molecule has 3 unspecified atom stereocenters. The Morgan fingerprint density at radius 2 is 0.762 bits per heavy atom. The topological polar surface area (TPSA) is 461 Å². The van der Waals surface area contributed by atoms with Gasteiger partial charge in [0, 0.05) is 61.6 Å². The number of primary amides is 1. The lowest BCUT2D eigenvalue weighted by Crippen LogP contribution is -2.46. The Morgan fingerprint density at radius 3 is 1.11 bits per heavy atom. The Hall–Kier alpha value is -11.4. The number of hydrogen-bond acceptors (Lipinski definition) is 21. The van der Waals surface area contributed by atoms with Crippen molar-refractivity contribution < 1.29 is 38.4 Å². The molecule has 0 bridgehead atoms. The van der Waals surface area contributed by atoms with Gasteiger partial charge in [0.25, 0.3) is 45.9 Å². The number of carbonyl (C=O) groups is 8. The molecule has 0 spiro atoms. The molecular weight excluding hydrogens is 1880 g/mol. The number of Topliss-reactive ketones (excluding diaryl/α,β-unsaturated/α-hetero) is 1. The Balaban J connectivity index is 0.000000142. The molecule has 122 heavy (non-hydrogen) atoms. The number of rotatable bonds is 15. The van der Waals surface area contributed by atoms with E-state index in [4.69, 9.17) is 104 Å². The molecule has 0 saturated heterocycles. The molecule has 3 atom stereocenters. The molecule has 3 saturated carbocycles. The number of carbonyl (C=O) groups excluding carboxylic acids is 8. The normalized spacial score (nSPS) is 17.2. The van der Waals surface area contributed by atoms with Crippen LogP contribution < -0.4 is 76.2 Å². The molecule has 3 aliphatic carbocycles. The summed E-state index contributed by atoms with van der Waals surface area (Å²) in [4.78, 5) is 171. The van der Waals surface area contributed by atoms with Crippen molar-refractivity contribution in [2.24, 2.45) is 23.5 Å². The van der Waals surface area contributed by atoms with Crippen molar-refractivity contribution in [2.75, 3.05) is 32.3 Å². The zero-order valence-electron chi connectivity index (χ0n) is 63.8. The highest BCUT2D eigenvalue weighted by Crippen LogP contribution is 2.40. The average Bonchev–Trinajstić information content (AvgIpc) is 1.58. The monoisotopic (exact) mass is 1940 g/mol. The number of amides is 7. The molecule has 4 aromatic carbocycles. The number of anilines is 8. The van der Waals surface area contributed by atoms with E-state index in [-0.39, 0.29) is 117 Å². The van der Waals surface area contributed by atoms with Crippen LogP contribution in [0.3, 0.4) is 0 Å². The van der Waals surface area contributed by atoms with E-state index in [0.717, 1.165) is 38.5 Å². The van der Waals surface area contributed by atoms with Crippen LogP contribution in [0.15, 0.2) is 187 Å². The molecule has 11 aromatic rings. The maximum atomic E-state index is 13.5. The minimum atomic E-state index is -1.20. The van der Waals surface area contributed by atoms with Crippen LogP contribution in [0, 0.1) is 17.8 Å². The second kappa shape index (κ2) is 37.5. The van der Waals surface area contributed by atoms with Crippen LogP contribution in [0.5, 0.6) is 0 Å². The van der Waals surface area contributed by atoms with Gasteiger partial charge in [0.1, 0.15) is 105 Å². The summed E-state index contributed by atoms with van der Waals surface area (Å²) in [5.74, 6) is 0.0316. The van der Waals surface area contributed by atoms with Crippen molar-refractivity contribution in [3.8, 4) is 0 Å². The van der Waals surface area contributed by atoms with Gasteiger partial charge in [0.05, 0.1) is 29.0 Å². The van der Waals surface area contributed by atoms with Crippen molar-refractivity contribution in [3.05, 3.63) is 294 Å². The summed E-state index contributed by atoms with van der Waals surface area (Å²) in [5, 5.41) is 25.1. The Bertz CT molecular complexity index is 6160. The maximum Gasteiger partial charge on any atom is 0.277 e. The highest BCUT2D eigenvalue weighted by atomic mass is 79.9. The van der Waals surface area contributed by atoms with Gasteiger partial charge in [-0.05, 0) is 188 Å². The van der Waals surface area contributed by atoms with Gasteiger partial charge in [-0.2, -0.15) is 0 Å². The smallest absolute Gasteiger partial charge is 0.277 e. The van der Waals surface area contributed by atoms with Crippen LogP contribution in [-0.2, 0) is 31.4 Å². The van der Waals surface area contributed by atoms with Gasteiger partial charge in [-0.1, -0.05) is 141 Å². The highest BCUT2D eigenvalue weighted by molar-refractivity contribution is 9.10. The van der Waals surface area contributed by atoms with Gasteiger partial charge >= 0.3 is 0 Å². The number of hydrogen-bond donors (Lipinski definition) is 11. The van der Waals surface area contributed by atoms with Gasteiger partial charge in [-0.3, -0.25) is 71.2 Å². The van der Waals surface area contributed by atoms with Gasteiger partial charge in [-0.25, -0.2) is 29.9 Å². The third-order valence-corrected chi connectivity index (χ3v) is 22.5. The molecule has 7 aromatic heterocycles. The van der Waals surface area contributed by atoms with Gasteiger partial charge in [0.15, 0.2) is 5.78 Å². The number of nitrogens with one attached hydrogen (secondary N) is 9. The molecule has 42 heteroatoms. The van der Waals surface area contributed by atoms with E-state index >= 15 is 0 Å². The van der Waals surface area contributed by atoms with Crippen LogP contribution in [0.1, 0.15) is 135 Å². The first kappa shape index (κ1) is 89.8. The van der Waals surface area contributed by atoms with E-state index in [1.807, 2.05) is 0 Å². The fourth-order valence-corrected chi connectivity index (χ4v) is 15.4. The summed E-state index contributed by atoms with van der Waals surface area (Å²) in [6.07, 6.45) is 9.30. The second-order valence-electron chi connectivity index (χ2n) is 28.3. The Labute approximate surface area is 748 Å². The molecule has 0 radical (unpaired) electrons. The van der Waals surface area contributed by atoms with E-state index in [0.29, 0.717) is 70.1 Å². The molecule has 3 aliphatic heterocycles.